The normalized spacial score (nSPS) is 34.9. The lowest BCUT2D eigenvalue weighted by Crippen LogP contribution is -2.45. The van der Waals surface area contributed by atoms with Gasteiger partial charge in [-0.15, -0.1) is 0 Å². The second-order valence-electron chi connectivity index (χ2n) is 6.59. The molecule has 4 atom stereocenters. The molecule has 0 radical (unpaired) electrons. The van der Waals surface area contributed by atoms with Crippen molar-refractivity contribution >= 4 is 11.9 Å². The minimum absolute atomic E-state index is 0.0727. The Morgan fingerprint density at radius 2 is 1.70 bits per heavy atom. The third-order valence-electron chi connectivity index (χ3n) is 4.35. The van der Waals surface area contributed by atoms with Gasteiger partial charge in [0.15, 0.2) is 0 Å². The molecule has 4 nitrogen and oxygen atoms in total. The predicted molar refractivity (Wildman–Crippen MR) is 74.8 cm³/mol. The zero-order chi connectivity index (χ0) is 15.1. The Hall–Kier alpha value is -1.32. The fourth-order valence-corrected chi connectivity index (χ4v) is 3.44. The van der Waals surface area contributed by atoms with Gasteiger partial charge in [-0.05, 0) is 52.9 Å². The van der Waals surface area contributed by atoms with E-state index in [1.807, 2.05) is 46.8 Å². The summed E-state index contributed by atoms with van der Waals surface area (Å²) in [4.78, 5) is 24.9. The van der Waals surface area contributed by atoms with E-state index >= 15 is 0 Å². The number of carbonyl (C=O) groups excluding carboxylic acids is 2. The molecule has 2 aliphatic rings. The van der Waals surface area contributed by atoms with Gasteiger partial charge in [-0.2, -0.15) is 0 Å². The number of ether oxygens (including phenoxy) is 2. The standard InChI is InChI=1S/C16H24O4/c1-9(2)19-14(17)13-11-6-7-12(8-11)16(13,5)15(18)20-10(3)4/h6-7,9-13H,8H2,1-5H3. The first kappa shape index (κ1) is 15.1. The second-order valence-corrected chi connectivity index (χ2v) is 6.59. The van der Waals surface area contributed by atoms with Crippen LogP contribution >= 0.6 is 0 Å². The number of hydrogen-bond donors (Lipinski definition) is 0. The van der Waals surface area contributed by atoms with E-state index in [2.05, 4.69) is 0 Å². The maximum Gasteiger partial charge on any atom is 0.313 e. The van der Waals surface area contributed by atoms with E-state index in [9.17, 15) is 9.59 Å². The van der Waals surface area contributed by atoms with E-state index in [1.165, 1.54) is 0 Å². The molecule has 0 saturated heterocycles. The molecule has 4 heteroatoms. The molecule has 2 aliphatic carbocycles. The van der Waals surface area contributed by atoms with Crippen molar-refractivity contribution < 1.29 is 19.1 Å². The summed E-state index contributed by atoms with van der Waals surface area (Å²) < 4.78 is 10.8. The molecule has 4 unspecified atom stereocenters. The SMILES string of the molecule is CC(C)OC(=O)C1C2C=CC(C2)C1(C)C(=O)OC(C)C. The lowest BCUT2D eigenvalue weighted by Gasteiger charge is -2.35. The van der Waals surface area contributed by atoms with Gasteiger partial charge >= 0.3 is 11.9 Å². The van der Waals surface area contributed by atoms with Crippen LogP contribution in [0.2, 0.25) is 0 Å². The molecule has 0 heterocycles. The maximum atomic E-state index is 12.5. The van der Waals surface area contributed by atoms with E-state index in [-0.39, 0.29) is 36.0 Å². The highest BCUT2D eigenvalue weighted by Gasteiger charge is 2.62. The minimum Gasteiger partial charge on any atom is -0.463 e. The van der Waals surface area contributed by atoms with Gasteiger partial charge in [-0.1, -0.05) is 12.2 Å². The van der Waals surface area contributed by atoms with Crippen molar-refractivity contribution in [3.8, 4) is 0 Å². The average molecular weight is 280 g/mol. The number of hydrogen-bond acceptors (Lipinski definition) is 4. The molecule has 0 aromatic rings. The Kier molecular flexibility index (Phi) is 3.94. The van der Waals surface area contributed by atoms with E-state index in [0.29, 0.717) is 0 Å². The van der Waals surface area contributed by atoms with Crippen LogP contribution in [0.25, 0.3) is 0 Å². The average Bonchev–Trinajstić information content (AvgIpc) is 2.85. The summed E-state index contributed by atoms with van der Waals surface area (Å²) >= 11 is 0. The van der Waals surface area contributed by atoms with Crippen molar-refractivity contribution in [2.24, 2.45) is 23.2 Å². The van der Waals surface area contributed by atoms with Gasteiger partial charge in [0.2, 0.25) is 0 Å². The summed E-state index contributed by atoms with van der Waals surface area (Å²) in [5, 5.41) is 0. The van der Waals surface area contributed by atoms with Gasteiger partial charge in [-0.3, -0.25) is 9.59 Å². The Labute approximate surface area is 120 Å². The lowest BCUT2D eigenvalue weighted by molar-refractivity contribution is -0.174. The molecule has 0 amide bonds. The molecule has 1 fully saturated rings. The summed E-state index contributed by atoms with van der Waals surface area (Å²) in [6.45, 7) is 9.14. The summed E-state index contributed by atoms with van der Waals surface area (Å²) in [6, 6.07) is 0. The van der Waals surface area contributed by atoms with Gasteiger partial charge < -0.3 is 9.47 Å². The quantitative estimate of drug-likeness (QED) is 0.587. The largest absolute Gasteiger partial charge is 0.463 e. The van der Waals surface area contributed by atoms with Crippen LogP contribution in [0.5, 0.6) is 0 Å². The topological polar surface area (TPSA) is 52.6 Å². The van der Waals surface area contributed by atoms with Crippen LogP contribution in [0.4, 0.5) is 0 Å². The molecule has 112 valence electrons. The van der Waals surface area contributed by atoms with Crippen LogP contribution in [0.1, 0.15) is 41.0 Å². The molecular formula is C16H24O4. The molecule has 2 rings (SSSR count). The molecule has 0 aliphatic heterocycles. The van der Waals surface area contributed by atoms with Crippen molar-refractivity contribution in [2.45, 2.75) is 53.2 Å². The third kappa shape index (κ3) is 2.36. The predicted octanol–water partition coefficient (Wildman–Crippen LogP) is 2.72. The van der Waals surface area contributed by atoms with Gasteiger partial charge in [0.1, 0.15) is 0 Å². The number of allylic oxidation sites excluding steroid dienone is 2. The Morgan fingerprint density at radius 3 is 2.25 bits per heavy atom. The summed E-state index contributed by atoms with van der Waals surface area (Å²) in [7, 11) is 0. The third-order valence-corrected chi connectivity index (χ3v) is 4.35. The Bertz CT molecular complexity index is 438. The summed E-state index contributed by atoms with van der Waals surface area (Å²) in [6.07, 6.45) is 4.58. The van der Waals surface area contributed by atoms with Gasteiger partial charge in [0.05, 0.1) is 23.5 Å². The molecule has 0 N–H and O–H groups in total. The molecule has 0 aromatic heterocycles. The number of fused-ring (bicyclic) bond motifs is 2. The van der Waals surface area contributed by atoms with Gasteiger partial charge in [0.25, 0.3) is 0 Å². The van der Waals surface area contributed by atoms with E-state index in [4.69, 9.17) is 9.47 Å². The van der Waals surface area contributed by atoms with Crippen molar-refractivity contribution in [2.75, 3.05) is 0 Å². The molecule has 20 heavy (non-hydrogen) atoms. The minimum atomic E-state index is -0.796. The van der Waals surface area contributed by atoms with E-state index < -0.39 is 11.3 Å². The van der Waals surface area contributed by atoms with Crippen LogP contribution in [-0.4, -0.2) is 24.1 Å². The zero-order valence-corrected chi connectivity index (χ0v) is 12.9. The monoisotopic (exact) mass is 280 g/mol. The first-order valence-corrected chi connectivity index (χ1v) is 7.36. The van der Waals surface area contributed by atoms with Crippen molar-refractivity contribution in [3.05, 3.63) is 12.2 Å². The van der Waals surface area contributed by atoms with Crippen LogP contribution < -0.4 is 0 Å². The fraction of sp³-hybridized carbons (Fsp3) is 0.750. The molecular weight excluding hydrogens is 256 g/mol. The zero-order valence-electron chi connectivity index (χ0n) is 12.9. The van der Waals surface area contributed by atoms with Crippen molar-refractivity contribution in [1.29, 1.82) is 0 Å². The fourth-order valence-electron chi connectivity index (χ4n) is 3.44. The number of carbonyl (C=O) groups is 2. The molecule has 0 aromatic carbocycles. The number of rotatable bonds is 4. The number of esters is 2. The molecule has 1 saturated carbocycles. The van der Waals surface area contributed by atoms with Crippen LogP contribution in [0, 0.1) is 23.2 Å². The van der Waals surface area contributed by atoms with Gasteiger partial charge in [0, 0.05) is 0 Å². The van der Waals surface area contributed by atoms with Crippen LogP contribution in [0.15, 0.2) is 12.2 Å². The lowest BCUT2D eigenvalue weighted by atomic mass is 9.69. The highest BCUT2D eigenvalue weighted by Crippen LogP contribution is 2.57. The van der Waals surface area contributed by atoms with Crippen molar-refractivity contribution in [3.63, 3.8) is 0 Å². The van der Waals surface area contributed by atoms with Gasteiger partial charge in [-0.25, -0.2) is 0 Å². The molecule has 0 spiro atoms. The maximum absolute atomic E-state index is 12.5. The Balaban J connectivity index is 2.26. The molecule has 2 bridgehead atoms. The van der Waals surface area contributed by atoms with E-state index in [0.717, 1.165) is 6.42 Å². The van der Waals surface area contributed by atoms with Crippen LogP contribution in [0.3, 0.4) is 0 Å². The highest BCUT2D eigenvalue weighted by molar-refractivity contribution is 5.87. The Morgan fingerprint density at radius 1 is 1.10 bits per heavy atom. The summed E-state index contributed by atoms with van der Waals surface area (Å²) in [5.41, 5.74) is -0.796. The van der Waals surface area contributed by atoms with Crippen LogP contribution in [-0.2, 0) is 19.1 Å². The first-order valence-electron chi connectivity index (χ1n) is 7.36. The van der Waals surface area contributed by atoms with Crippen molar-refractivity contribution in [1.82, 2.24) is 0 Å². The summed E-state index contributed by atoms with van der Waals surface area (Å²) in [5.74, 6) is -0.819. The first-order chi connectivity index (χ1) is 9.26. The van der Waals surface area contributed by atoms with E-state index in [1.54, 1.807) is 0 Å². The second kappa shape index (κ2) is 5.23. The smallest absolute Gasteiger partial charge is 0.313 e. The highest BCUT2D eigenvalue weighted by atomic mass is 16.6.